The van der Waals surface area contributed by atoms with E-state index < -0.39 is 0 Å². The summed E-state index contributed by atoms with van der Waals surface area (Å²) in [6.45, 7) is 0. The van der Waals surface area contributed by atoms with Gasteiger partial charge in [0.05, 0.1) is 16.7 Å². The predicted octanol–water partition coefficient (Wildman–Crippen LogP) is 13.1. The van der Waals surface area contributed by atoms with Crippen molar-refractivity contribution in [1.29, 1.82) is 0 Å². The molecule has 0 saturated heterocycles. The second-order valence-electron chi connectivity index (χ2n) is 14.8. The molecule has 0 fully saturated rings. The highest BCUT2D eigenvalue weighted by Gasteiger charge is 2.28. The van der Waals surface area contributed by atoms with Crippen molar-refractivity contribution in [3.05, 3.63) is 199 Å². The van der Waals surface area contributed by atoms with Crippen LogP contribution in [0.15, 0.2) is 191 Å². The van der Waals surface area contributed by atoms with Crippen LogP contribution < -0.4 is 10.6 Å². The minimum atomic E-state index is -0.213. The number of nitrogens with zero attached hydrogens (tertiary/aromatic N) is 2. The molecule has 2 atom stereocenters. The number of hydrogen-bond donors (Lipinski definition) is 2. The first-order valence-electron chi connectivity index (χ1n) is 19.4. The third kappa shape index (κ3) is 5.15. The Labute approximate surface area is 332 Å². The van der Waals surface area contributed by atoms with Crippen molar-refractivity contribution in [2.45, 2.75) is 12.3 Å². The fraction of sp³-hybridized carbons (Fsp3) is 0.0392. The minimum Gasteiger partial charge on any atom is -0.456 e. The fourth-order valence-corrected chi connectivity index (χ4v) is 10.1. The van der Waals surface area contributed by atoms with Crippen molar-refractivity contribution in [1.82, 2.24) is 15.2 Å². The van der Waals surface area contributed by atoms with E-state index in [-0.39, 0.29) is 12.3 Å². The molecule has 0 aliphatic carbocycles. The molecule has 270 valence electrons. The second-order valence-corrected chi connectivity index (χ2v) is 15.9. The van der Waals surface area contributed by atoms with Crippen LogP contribution in [-0.4, -0.2) is 10.4 Å². The van der Waals surface area contributed by atoms with E-state index in [4.69, 9.17) is 9.41 Å². The van der Waals surface area contributed by atoms with Crippen LogP contribution in [0.5, 0.6) is 0 Å². The molecule has 3 aromatic heterocycles. The van der Waals surface area contributed by atoms with Crippen molar-refractivity contribution in [3.8, 4) is 16.8 Å². The van der Waals surface area contributed by atoms with Gasteiger partial charge in [0.1, 0.15) is 29.3 Å². The molecule has 0 spiro atoms. The first-order chi connectivity index (χ1) is 28.2. The third-order valence-corrected chi connectivity index (χ3v) is 12.6. The first kappa shape index (κ1) is 32.3. The number of amidine groups is 1. The van der Waals surface area contributed by atoms with Gasteiger partial charge in [-0.2, -0.15) is 0 Å². The van der Waals surface area contributed by atoms with E-state index in [0.29, 0.717) is 0 Å². The van der Waals surface area contributed by atoms with Gasteiger partial charge in [0, 0.05) is 52.8 Å². The third-order valence-electron chi connectivity index (χ3n) is 11.5. The smallest absolute Gasteiger partial charge is 0.136 e. The van der Waals surface area contributed by atoms with Gasteiger partial charge in [-0.15, -0.1) is 11.3 Å². The Kier molecular flexibility index (Phi) is 7.24. The Bertz CT molecular complexity index is 3320. The Morgan fingerprint density at radius 1 is 0.509 bits per heavy atom. The molecule has 8 aromatic carbocycles. The number of aromatic nitrogens is 1. The number of thiophene rings is 1. The monoisotopic (exact) mass is 750 g/mol. The molecule has 2 N–H and O–H groups in total. The standard InChI is InChI=1S/C51H34N4OS/c1-3-13-31(14-4-1)49-52-50(32-15-5-2-6-16-32)54-51(53-49)39-19-11-23-43-47(39)37-27-25-33(29-44(37)56-43)34-26-28-38-46(30-34)57-45-24-12-22-42(48(38)45)55-40-20-9-7-17-35(40)36-18-8-10-21-41(36)55/h1-30,49,51,53H,(H,52,54). The number of rotatable bonds is 5. The molecule has 0 amide bonds. The molecule has 5 nitrogen and oxygen atoms in total. The summed E-state index contributed by atoms with van der Waals surface area (Å²) in [5.41, 5.74) is 11.0. The number of fused-ring (bicyclic) bond motifs is 9. The average molecular weight is 751 g/mol. The normalized spacial score (nSPS) is 15.9. The first-order valence-corrected chi connectivity index (χ1v) is 20.2. The maximum Gasteiger partial charge on any atom is 0.136 e. The molecule has 6 heteroatoms. The van der Waals surface area contributed by atoms with Gasteiger partial charge in [0.15, 0.2) is 0 Å². The van der Waals surface area contributed by atoms with Crippen LogP contribution in [-0.2, 0) is 0 Å². The summed E-state index contributed by atoms with van der Waals surface area (Å²) in [5.74, 6) is 0.860. The highest BCUT2D eigenvalue weighted by atomic mass is 32.1. The van der Waals surface area contributed by atoms with Crippen LogP contribution in [0, 0.1) is 0 Å². The molecule has 1 aliphatic heterocycles. The zero-order valence-electron chi connectivity index (χ0n) is 30.7. The molecule has 2 unspecified atom stereocenters. The van der Waals surface area contributed by atoms with E-state index in [1.807, 2.05) is 23.5 Å². The maximum atomic E-state index is 6.65. The topological polar surface area (TPSA) is 54.5 Å². The number of furan rings is 1. The lowest BCUT2D eigenvalue weighted by Gasteiger charge is -2.32. The van der Waals surface area contributed by atoms with Gasteiger partial charge in [0.2, 0.25) is 0 Å². The summed E-state index contributed by atoms with van der Waals surface area (Å²) in [6.07, 6.45) is -0.413. The molecule has 0 saturated carbocycles. The Morgan fingerprint density at radius 2 is 1.19 bits per heavy atom. The quantitative estimate of drug-likeness (QED) is 0.184. The van der Waals surface area contributed by atoms with Crippen LogP contribution in [0.25, 0.3) is 80.7 Å². The molecule has 11 aromatic rings. The molecule has 0 radical (unpaired) electrons. The van der Waals surface area contributed by atoms with E-state index in [0.717, 1.165) is 50.0 Å². The van der Waals surface area contributed by atoms with E-state index >= 15 is 0 Å². The van der Waals surface area contributed by atoms with E-state index in [1.54, 1.807) is 0 Å². The van der Waals surface area contributed by atoms with Gasteiger partial charge in [-0.25, -0.2) is 4.99 Å². The highest BCUT2D eigenvalue weighted by Crippen LogP contribution is 2.43. The summed E-state index contributed by atoms with van der Waals surface area (Å²) >= 11 is 1.85. The fourth-order valence-electron chi connectivity index (χ4n) is 8.90. The number of hydrogen-bond acceptors (Lipinski definition) is 5. The van der Waals surface area contributed by atoms with Crippen molar-refractivity contribution < 1.29 is 4.42 Å². The second kappa shape index (κ2) is 12.8. The van der Waals surface area contributed by atoms with Gasteiger partial charge >= 0.3 is 0 Å². The van der Waals surface area contributed by atoms with Crippen molar-refractivity contribution in [2.75, 3.05) is 0 Å². The summed E-state index contributed by atoms with van der Waals surface area (Å²) in [6, 6.07) is 64.8. The van der Waals surface area contributed by atoms with Crippen LogP contribution in [0.1, 0.15) is 29.0 Å². The zero-order valence-corrected chi connectivity index (χ0v) is 31.5. The van der Waals surface area contributed by atoms with Crippen molar-refractivity contribution >= 4 is 81.1 Å². The van der Waals surface area contributed by atoms with Crippen molar-refractivity contribution in [3.63, 3.8) is 0 Å². The molecule has 57 heavy (non-hydrogen) atoms. The molecule has 12 rings (SSSR count). The number of benzene rings is 8. The van der Waals surface area contributed by atoms with Gasteiger partial charge in [-0.3, -0.25) is 5.32 Å². The van der Waals surface area contributed by atoms with Crippen LogP contribution in [0.4, 0.5) is 0 Å². The lowest BCUT2D eigenvalue weighted by molar-refractivity contribution is 0.411. The summed E-state index contributed by atoms with van der Waals surface area (Å²) in [7, 11) is 0. The predicted molar refractivity (Wildman–Crippen MR) is 238 cm³/mol. The molecule has 1 aliphatic rings. The zero-order chi connectivity index (χ0) is 37.5. The molecule has 4 heterocycles. The van der Waals surface area contributed by atoms with Gasteiger partial charge in [-0.1, -0.05) is 133 Å². The molecular formula is C51H34N4OS. The Balaban J connectivity index is 0.946. The number of para-hydroxylation sites is 2. The summed E-state index contributed by atoms with van der Waals surface area (Å²) < 4.78 is 11.6. The highest BCUT2D eigenvalue weighted by molar-refractivity contribution is 7.26. The van der Waals surface area contributed by atoms with E-state index in [9.17, 15) is 0 Å². The molecule has 0 bridgehead atoms. The summed E-state index contributed by atoms with van der Waals surface area (Å²) in [4.78, 5) is 5.12. The number of nitrogens with one attached hydrogen (secondary N) is 2. The maximum absolute atomic E-state index is 6.65. The van der Waals surface area contributed by atoms with Crippen LogP contribution in [0.2, 0.25) is 0 Å². The Morgan fingerprint density at radius 3 is 1.98 bits per heavy atom. The van der Waals surface area contributed by atoms with Crippen LogP contribution >= 0.6 is 11.3 Å². The van der Waals surface area contributed by atoms with Gasteiger partial charge in [-0.05, 0) is 65.2 Å². The average Bonchev–Trinajstić information content (AvgIpc) is 3.96. The van der Waals surface area contributed by atoms with Gasteiger partial charge in [0.25, 0.3) is 0 Å². The van der Waals surface area contributed by atoms with E-state index in [1.165, 1.54) is 53.2 Å². The minimum absolute atomic E-state index is 0.199. The lowest BCUT2D eigenvalue weighted by atomic mass is 9.99. The SMILES string of the molecule is c1ccc(C2=NC(c3ccccc3)NC(c3cccc4oc5cc(-c6ccc7c(c6)sc6cccc(-n8c9ccccc9c9ccccc98)c67)ccc5c34)N2)cc1. The van der Waals surface area contributed by atoms with Crippen LogP contribution in [0.3, 0.4) is 0 Å². The molecular weight excluding hydrogens is 717 g/mol. The van der Waals surface area contributed by atoms with E-state index in [2.05, 4.69) is 185 Å². The largest absolute Gasteiger partial charge is 0.456 e. The number of aliphatic imine (C=N–C) groups is 1. The summed E-state index contributed by atoms with van der Waals surface area (Å²) in [5, 5.41) is 14.8. The van der Waals surface area contributed by atoms with Crippen molar-refractivity contribution in [2.24, 2.45) is 4.99 Å². The van der Waals surface area contributed by atoms with Gasteiger partial charge < -0.3 is 14.3 Å². The lowest BCUT2D eigenvalue weighted by Crippen LogP contribution is -2.45. The Hall–Kier alpha value is -6.99.